The number of imide groups is 2. The highest BCUT2D eigenvalue weighted by atomic mass is 79.9. The van der Waals surface area contributed by atoms with Crippen molar-refractivity contribution in [3.8, 4) is 11.5 Å². The fourth-order valence-corrected chi connectivity index (χ4v) is 3.45. The van der Waals surface area contributed by atoms with Gasteiger partial charge < -0.3 is 9.84 Å². The van der Waals surface area contributed by atoms with E-state index in [0.717, 1.165) is 10.5 Å². The molecule has 28 heavy (non-hydrogen) atoms. The number of hydrogen-bond donors (Lipinski definition) is 2. The first kappa shape index (κ1) is 20.1. The first-order valence-electron chi connectivity index (χ1n) is 7.97. The number of phenols is 1. The van der Waals surface area contributed by atoms with Crippen molar-refractivity contribution in [3.63, 3.8) is 0 Å². The molecule has 4 amide bonds. The Morgan fingerprint density at radius 1 is 1.11 bits per heavy atom. The molecule has 1 fully saturated rings. The summed E-state index contributed by atoms with van der Waals surface area (Å²) in [5.74, 6) is -1.55. The molecule has 1 aliphatic heterocycles. The van der Waals surface area contributed by atoms with Gasteiger partial charge >= 0.3 is 6.03 Å². The van der Waals surface area contributed by atoms with Crippen molar-refractivity contribution in [3.05, 3.63) is 56.0 Å². The number of anilines is 1. The number of halogens is 2. The Balaban J connectivity index is 2.09. The minimum Gasteiger partial charge on any atom is -0.503 e. The standard InChI is InChI=1S/C19H14Br2N2O5/c1-9-3-5-11(6-4-9)23-18(26)12(17(25)22-19(23)27)7-10-8-13(28-2)16(24)15(21)14(10)20/h3-8,24H,1-2H3,(H,22,25,27)/b12-7+. The van der Waals surface area contributed by atoms with Crippen LogP contribution < -0.4 is 15.0 Å². The van der Waals surface area contributed by atoms with E-state index in [9.17, 15) is 19.5 Å². The summed E-state index contributed by atoms with van der Waals surface area (Å²) in [4.78, 5) is 38.4. The third-order valence-electron chi connectivity index (χ3n) is 4.09. The number of aryl methyl sites for hydroxylation is 1. The number of benzene rings is 2. The first-order chi connectivity index (χ1) is 13.2. The zero-order valence-corrected chi connectivity index (χ0v) is 17.9. The average Bonchev–Trinajstić information content (AvgIpc) is 2.66. The van der Waals surface area contributed by atoms with Crippen LogP contribution in [0.1, 0.15) is 11.1 Å². The summed E-state index contributed by atoms with van der Waals surface area (Å²) in [5.41, 5.74) is 1.47. The summed E-state index contributed by atoms with van der Waals surface area (Å²) < 4.78 is 5.82. The zero-order valence-electron chi connectivity index (χ0n) is 14.7. The smallest absolute Gasteiger partial charge is 0.335 e. The van der Waals surface area contributed by atoms with Crippen LogP contribution in [0, 0.1) is 6.92 Å². The van der Waals surface area contributed by atoms with Crippen molar-refractivity contribution in [2.24, 2.45) is 0 Å². The zero-order chi connectivity index (χ0) is 20.6. The third-order valence-corrected chi connectivity index (χ3v) is 6.25. The Hall–Kier alpha value is -2.65. The number of hydrogen-bond acceptors (Lipinski definition) is 5. The predicted octanol–water partition coefficient (Wildman–Crippen LogP) is 3.90. The molecule has 0 unspecified atom stereocenters. The van der Waals surface area contributed by atoms with E-state index in [4.69, 9.17) is 4.74 Å². The van der Waals surface area contributed by atoms with E-state index in [1.54, 1.807) is 24.3 Å². The summed E-state index contributed by atoms with van der Waals surface area (Å²) in [7, 11) is 1.38. The van der Waals surface area contributed by atoms with Gasteiger partial charge in [-0.05, 0) is 68.6 Å². The van der Waals surface area contributed by atoms with E-state index in [1.165, 1.54) is 19.3 Å². The van der Waals surface area contributed by atoms with Crippen molar-refractivity contribution in [2.75, 3.05) is 12.0 Å². The molecule has 2 aromatic carbocycles. The van der Waals surface area contributed by atoms with Gasteiger partial charge in [-0.25, -0.2) is 9.69 Å². The molecule has 3 rings (SSSR count). The van der Waals surface area contributed by atoms with Gasteiger partial charge in [0, 0.05) is 4.47 Å². The predicted molar refractivity (Wildman–Crippen MR) is 110 cm³/mol. The number of barbiturate groups is 1. The maximum atomic E-state index is 12.9. The molecule has 0 atom stereocenters. The van der Waals surface area contributed by atoms with E-state index in [2.05, 4.69) is 37.2 Å². The number of carbonyl (C=O) groups is 3. The van der Waals surface area contributed by atoms with Crippen LogP contribution in [0.5, 0.6) is 11.5 Å². The van der Waals surface area contributed by atoms with Gasteiger partial charge in [0.05, 0.1) is 17.3 Å². The van der Waals surface area contributed by atoms with Gasteiger partial charge in [-0.2, -0.15) is 0 Å². The third kappa shape index (κ3) is 3.55. The topological polar surface area (TPSA) is 95.9 Å². The number of nitrogens with zero attached hydrogens (tertiary/aromatic N) is 1. The Morgan fingerprint density at radius 2 is 1.75 bits per heavy atom. The summed E-state index contributed by atoms with van der Waals surface area (Å²) >= 11 is 6.54. The molecule has 0 bridgehead atoms. The van der Waals surface area contributed by atoms with Crippen molar-refractivity contribution in [1.82, 2.24) is 5.32 Å². The SMILES string of the molecule is COc1cc(/C=C2\C(=O)NC(=O)N(c3ccc(C)cc3)C2=O)c(Br)c(Br)c1O. The normalized spacial score (nSPS) is 15.8. The van der Waals surface area contributed by atoms with Gasteiger partial charge in [-0.3, -0.25) is 14.9 Å². The van der Waals surface area contributed by atoms with Gasteiger partial charge in [-0.15, -0.1) is 0 Å². The molecule has 144 valence electrons. The van der Waals surface area contributed by atoms with Crippen LogP contribution in [0.25, 0.3) is 6.08 Å². The van der Waals surface area contributed by atoms with Crippen LogP contribution in [0.2, 0.25) is 0 Å². The van der Waals surface area contributed by atoms with E-state index in [1.807, 2.05) is 6.92 Å². The van der Waals surface area contributed by atoms with Crippen molar-refractivity contribution in [2.45, 2.75) is 6.92 Å². The number of rotatable bonds is 3. The number of carbonyl (C=O) groups excluding carboxylic acids is 3. The number of ether oxygens (including phenoxy) is 1. The highest BCUT2D eigenvalue weighted by Crippen LogP contribution is 2.42. The molecule has 2 aromatic rings. The van der Waals surface area contributed by atoms with Crippen LogP contribution in [-0.4, -0.2) is 30.1 Å². The number of methoxy groups -OCH3 is 1. The summed E-state index contributed by atoms with van der Waals surface area (Å²) in [5, 5.41) is 12.2. The van der Waals surface area contributed by atoms with E-state index >= 15 is 0 Å². The van der Waals surface area contributed by atoms with Crippen LogP contribution >= 0.6 is 31.9 Å². The molecule has 0 aromatic heterocycles. The van der Waals surface area contributed by atoms with E-state index in [0.29, 0.717) is 20.2 Å². The molecule has 2 N–H and O–H groups in total. The lowest BCUT2D eigenvalue weighted by atomic mass is 10.1. The second-order valence-electron chi connectivity index (χ2n) is 5.94. The lowest BCUT2D eigenvalue weighted by Crippen LogP contribution is -2.54. The summed E-state index contributed by atoms with van der Waals surface area (Å²) in [6, 6.07) is 7.40. The second-order valence-corrected chi connectivity index (χ2v) is 7.52. The molecule has 0 radical (unpaired) electrons. The molecular formula is C19H14Br2N2O5. The summed E-state index contributed by atoms with van der Waals surface area (Å²) in [6.07, 6.45) is 1.32. The Morgan fingerprint density at radius 3 is 2.36 bits per heavy atom. The van der Waals surface area contributed by atoms with Crippen LogP contribution in [0.4, 0.5) is 10.5 Å². The second kappa shape index (κ2) is 7.76. The van der Waals surface area contributed by atoms with Gasteiger partial charge in [-0.1, -0.05) is 17.7 Å². The molecule has 1 aliphatic rings. The Labute approximate surface area is 177 Å². The van der Waals surface area contributed by atoms with Crippen molar-refractivity contribution >= 4 is 61.5 Å². The fourth-order valence-electron chi connectivity index (χ4n) is 2.61. The minimum atomic E-state index is -0.820. The number of phenolic OH excluding ortho intramolecular Hbond substituents is 1. The Bertz CT molecular complexity index is 1030. The highest BCUT2D eigenvalue weighted by molar-refractivity contribution is 9.13. The maximum Gasteiger partial charge on any atom is 0.335 e. The van der Waals surface area contributed by atoms with Crippen LogP contribution in [0.15, 0.2) is 44.9 Å². The largest absolute Gasteiger partial charge is 0.503 e. The van der Waals surface area contributed by atoms with Crippen molar-refractivity contribution < 1.29 is 24.2 Å². The average molecular weight is 510 g/mol. The van der Waals surface area contributed by atoms with Crippen molar-refractivity contribution in [1.29, 1.82) is 0 Å². The molecule has 0 aliphatic carbocycles. The first-order valence-corrected chi connectivity index (χ1v) is 9.56. The molecule has 0 spiro atoms. The monoisotopic (exact) mass is 508 g/mol. The lowest BCUT2D eigenvalue weighted by molar-refractivity contribution is -0.122. The molecule has 7 nitrogen and oxygen atoms in total. The number of nitrogens with one attached hydrogen (secondary N) is 1. The molecule has 0 saturated carbocycles. The maximum absolute atomic E-state index is 12.9. The number of urea groups is 1. The summed E-state index contributed by atoms with van der Waals surface area (Å²) in [6.45, 7) is 1.88. The van der Waals surface area contributed by atoms with Gasteiger partial charge in [0.1, 0.15) is 5.57 Å². The number of amides is 4. The van der Waals surface area contributed by atoms with E-state index < -0.39 is 17.8 Å². The van der Waals surface area contributed by atoms with Gasteiger partial charge in [0.2, 0.25) is 0 Å². The Kier molecular flexibility index (Phi) is 5.57. The van der Waals surface area contributed by atoms with Crippen LogP contribution in [0.3, 0.4) is 0 Å². The van der Waals surface area contributed by atoms with Crippen LogP contribution in [-0.2, 0) is 9.59 Å². The van der Waals surface area contributed by atoms with Gasteiger partial charge in [0.25, 0.3) is 11.8 Å². The molecular weight excluding hydrogens is 496 g/mol. The highest BCUT2D eigenvalue weighted by Gasteiger charge is 2.37. The van der Waals surface area contributed by atoms with Gasteiger partial charge in [0.15, 0.2) is 11.5 Å². The lowest BCUT2D eigenvalue weighted by Gasteiger charge is -2.26. The minimum absolute atomic E-state index is 0.132. The fraction of sp³-hybridized carbons (Fsp3) is 0.105. The van der Waals surface area contributed by atoms with E-state index in [-0.39, 0.29) is 17.1 Å². The molecule has 1 heterocycles. The quantitative estimate of drug-likeness (QED) is 0.483. The molecule has 1 saturated heterocycles. The number of aromatic hydroxyl groups is 1. The molecule has 9 heteroatoms.